The zero-order chi connectivity index (χ0) is 14.7. The molecule has 2 aromatic heterocycles. The van der Waals surface area contributed by atoms with Crippen molar-refractivity contribution in [2.24, 2.45) is 0 Å². The van der Waals surface area contributed by atoms with Crippen LogP contribution in [-0.2, 0) is 6.54 Å². The lowest BCUT2D eigenvalue weighted by atomic mass is 10.2. The molecule has 0 fully saturated rings. The SMILES string of the molecule is CC(C)Sc1nnc(-c2cccs2)n1Cc1ccccc1. The maximum atomic E-state index is 4.41. The normalized spacial score (nSPS) is 11.2. The van der Waals surface area contributed by atoms with E-state index in [1.54, 1.807) is 23.1 Å². The first-order valence-electron chi connectivity index (χ1n) is 6.91. The molecule has 21 heavy (non-hydrogen) atoms. The predicted octanol–water partition coefficient (Wildman–Crippen LogP) is 4.56. The summed E-state index contributed by atoms with van der Waals surface area (Å²) in [7, 11) is 0. The lowest BCUT2D eigenvalue weighted by Gasteiger charge is -2.10. The van der Waals surface area contributed by atoms with Gasteiger partial charge in [-0.25, -0.2) is 0 Å². The summed E-state index contributed by atoms with van der Waals surface area (Å²) in [6, 6.07) is 14.6. The topological polar surface area (TPSA) is 30.7 Å². The van der Waals surface area contributed by atoms with Crippen LogP contribution in [0.1, 0.15) is 19.4 Å². The van der Waals surface area contributed by atoms with Gasteiger partial charge in [0, 0.05) is 5.25 Å². The van der Waals surface area contributed by atoms with Gasteiger partial charge in [0.05, 0.1) is 11.4 Å². The minimum Gasteiger partial charge on any atom is -0.297 e. The van der Waals surface area contributed by atoms with Gasteiger partial charge in [-0.15, -0.1) is 21.5 Å². The van der Waals surface area contributed by atoms with Crippen LogP contribution < -0.4 is 0 Å². The fourth-order valence-electron chi connectivity index (χ4n) is 2.08. The maximum Gasteiger partial charge on any atom is 0.192 e. The molecule has 0 atom stereocenters. The molecule has 0 aliphatic carbocycles. The van der Waals surface area contributed by atoms with Crippen molar-refractivity contribution >= 4 is 23.1 Å². The van der Waals surface area contributed by atoms with Crippen LogP contribution in [0.4, 0.5) is 0 Å². The Labute approximate surface area is 133 Å². The first-order chi connectivity index (χ1) is 10.2. The van der Waals surface area contributed by atoms with Crippen LogP contribution in [0, 0.1) is 0 Å². The van der Waals surface area contributed by atoms with Crippen molar-refractivity contribution in [3.05, 3.63) is 53.4 Å². The average Bonchev–Trinajstić information content (AvgIpc) is 3.10. The molecule has 3 aromatic rings. The van der Waals surface area contributed by atoms with Crippen molar-refractivity contribution in [1.29, 1.82) is 0 Å². The van der Waals surface area contributed by atoms with Crippen molar-refractivity contribution < 1.29 is 0 Å². The number of hydrogen-bond donors (Lipinski definition) is 0. The highest BCUT2D eigenvalue weighted by molar-refractivity contribution is 7.99. The molecule has 0 saturated carbocycles. The summed E-state index contributed by atoms with van der Waals surface area (Å²) in [5.41, 5.74) is 1.26. The fourth-order valence-corrected chi connectivity index (χ4v) is 3.59. The number of aromatic nitrogens is 3. The maximum absolute atomic E-state index is 4.41. The van der Waals surface area contributed by atoms with E-state index in [-0.39, 0.29) is 0 Å². The second kappa shape index (κ2) is 6.45. The van der Waals surface area contributed by atoms with Crippen LogP contribution in [0.5, 0.6) is 0 Å². The lowest BCUT2D eigenvalue weighted by molar-refractivity contribution is 0.714. The monoisotopic (exact) mass is 315 g/mol. The van der Waals surface area contributed by atoms with Gasteiger partial charge in [-0.3, -0.25) is 4.57 Å². The van der Waals surface area contributed by atoms with Crippen molar-refractivity contribution in [2.75, 3.05) is 0 Å². The molecular formula is C16H17N3S2. The Morgan fingerprint density at radius 2 is 1.90 bits per heavy atom. The van der Waals surface area contributed by atoms with Crippen molar-refractivity contribution in [1.82, 2.24) is 14.8 Å². The highest BCUT2D eigenvalue weighted by Gasteiger charge is 2.16. The molecule has 0 N–H and O–H groups in total. The molecule has 1 aromatic carbocycles. The van der Waals surface area contributed by atoms with E-state index in [0.29, 0.717) is 5.25 Å². The number of benzene rings is 1. The van der Waals surface area contributed by atoms with E-state index >= 15 is 0 Å². The zero-order valence-corrected chi connectivity index (χ0v) is 13.7. The molecule has 0 bridgehead atoms. The molecular weight excluding hydrogens is 298 g/mol. The van der Waals surface area contributed by atoms with Crippen LogP contribution in [0.25, 0.3) is 10.7 Å². The quantitative estimate of drug-likeness (QED) is 0.647. The van der Waals surface area contributed by atoms with E-state index in [1.165, 1.54) is 5.56 Å². The van der Waals surface area contributed by atoms with E-state index in [9.17, 15) is 0 Å². The smallest absolute Gasteiger partial charge is 0.192 e. The molecule has 0 spiro atoms. The third-order valence-corrected chi connectivity index (χ3v) is 4.83. The number of hydrogen-bond acceptors (Lipinski definition) is 4. The van der Waals surface area contributed by atoms with Crippen LogP contribution in [0.15, 0.2) is 53.0 Å². The van der Waals surface area contributed by atoms with Crippen molar-refractivity contribution in [3.63, 3.8) is 0 Å². The molecule has 0 amide bonds. The van der Waals surface area contributed by atoms with Gasteiger partial charge in [0.15, 0.2) is 11.0 Å². The zero-order valence-electron chi connectivity index (χ0n) is 12.1. The molecule has 0 radical (unpaired) electrons. The Kier molecular flexibility index (Phi) is 4.41. The Bertz CT molecular complexity index is 688. The summed E-state index contributed by atoms with van der Waals surface area (Å²) < 4.78 is 2.21. The highest BCUT2D eigenvalue weighted by atomic mass is 32.2. The summed E-state index contributed by atoms with van der Waals surface area (Å²) >= 11 is 3.46. The van der Waals surface area contributed by atoms with Crippen LogP contribution >= 0.6 is 23.1 Å². The number of nitrogens with zero attached hydrogens (tertiary/aromatic N) is 3. The summed E-state index contributed by atoms with van der Waals surface area (Å²) in [4.78, 5) is 1.16. The summed E-state index contributed by atoms with van der Waals surface area (Å²) in [5, 5.41) is 12.3. The lowest BCUT2D eigenvalue weighted by Crippen LogP contribution is -2.04. The molecule has 0 aliphatic rings. The molecule has 3 nitrogen and oxygen atoms in total. The van der Waals surface area contributed by atoms with E-state index in [4.69, 9.17) is 0 Å². The molecule has 5 heteroatoms. The Hall–Kier alpha value is -1.59. The second-order valence-electron chi connectivity index (χ2n) is 5.02. The van der Waals surface area contributed by atoms with Crippen LogP contribution in [0.2, 0.25) is 0 Å². The predicted molar refractivity (Wildman–Crippen MR) is 89.9 cm³/mol. The third-order valence-electron chi connectivity index (χ3n) is 2.98. The van der Waals surface area contributed by atoms with Gasteiger partial charge in [0.2, 0.25) is 0 Å². The molecule has 0 saturated heterocycles. The van der Waals surface area contributed by atoms with Gasteiger partial charge < -0.3 is 0 Å². The molecule has 0 unspecified atom stereocenters. The number of rotatable bonds is 5. The van der Waals surface area contributed by atoms with Gasteiger partial charge in [0.25, 0.3) is 0 Å². The van der Waals surface area contributed by atoms with E-state index in [1.807, 2.05) is 6.07 Å². The van der Waals surface area contributed by atoms with Gasteiger partial charge in [-0.2, -0.15) is 0 Å². The standard InChI is InChI=1S/C16H17N3S2/c1-12(2)21-16-18-17-15(14-9-6-10-20-14)19(16)11-13-7-4-3-5-8-13/h3-10,12H,11H2,1-2H3. The Morgan fingerprint density at radius 1 is 1.10 bits per heavy atom. The summed E-state index contributed by atoms with van der Waals surface area (Å²) in [6.07, 6.45) is 0. The average molecular weight is 315 g/mol. The van der Waals surface area contributed by atoms with Gasteiger partial charge >= 0.3 is 0 Å². The highest BCUT2D eigenvalue weighted by Crippen LogP contribution is 2.29. The number of thiophene rings is 1. The van der Waals surface area contributed by atoms with Gasteiger partial charge in [-0.1, -0.05) is 62.0 Å². The largest absolute Gasteiger partial charge is 0.297 e. The first-order valence-corrected chi connectivity index (χ1v) is 8.67. The molecule has 108 valence electrons. The van der Waals surface area contributed by atoms with Crippen molar-refractivity contribution in [3.8, 4) is 10.7 Å². The van der Waals surface area contributed by atoms with Gasteiger partial charge in [0.1, 0.15) is 0 Å². The summed E-state index contributed by atoms with van der Waals surface area (Å²) in [5.74, 6) is 0.956. The fraction of sp³-hybridized carbons (Fsp3) is 0.250. The second-order valence-corrected chi connectivity index (χ2v) is 7.51. The van der Waals surface area contributed by atoms with E-state index in [0.717, 1.165) is 22.4 Å². The molecule has 2 heterocycles. The Balaban J connectivity index is 2.00. The number of thioether (sulfide) groups is 1. The molecule has 0 aliphatic heterocycles. The van der Waals surface area contributed by atoms with Gasteiger partial charge in [-0.05, 0) is 17.0 Å². The summed E-state index contributed by atoms with van der Waals surface area (Å²) in [6.45, 7) is 5.16. The first kappa shape index (κ1) is 14.4. The van der Waals surface area contributed by atoms with Crippen LogP contribution in [0.3, 0.4) is 0 Å². The minimum absolute atomic E-state index is 0.486. The Morgan fingerprint density at radius 3 is 2.57 bits per heavy atom. The van der Waals surface area contributed by atoms with Crippen molar-refractivity contribution in [2.45, 2.75) is 30.8 Å². The third kappa shape index (κ3) is 3.36. The minimum atomic E-state index is 0.486. The van der Waals surface area contributed by atoms with E-state index in [2.05, 4.69) is 70.4 Å². The molecule has 3 rings (SSSR count). The van der Waals surface area contributed by atoms with Crippen LogP contribution in [-0.4, -0.2) is 20.0 Å². The van der Waals surface area contributed by atoms with E-state index < -0.39 is 0 Å².